The highest BCUT2D eigenvalue weighted by atomic mass is 32.1. The summed E-state index contributed by atoms with van der Waals surface area (Å²) in [6, 6.07) is 7.30. The van der Waals surface area contributed by atoms with Crippen LogP contribution in [-0.4, -0.2) is 42.0 Å². The third-order valence-electron chi connectivity index (χ3n) is 3.57. The Kier molecular flexibility index (Phi) is 4.03. The lowest BCUT2D eigenvalue weighted by atomic mass is 10.1. The highest BCUT2D eigenvalue weighted by molar-refractivity contribution is 7.13. The first-order valence-corrected chi connectivity index (χ1v) is 7.67. The first kappa shape index (κ1) is 13.8. The average molecular weight is 303 g/mol. The largest absolute Gasteiger partial charge is 0.345 e. The van der Waals surface area contributed by atoms with Crippen LogP contribution in [0.15, 0.2) is 35.8 Å². The lowest BCUT2D eigenvalue weighted by Gasteiger charge is -2.34. The van der Waals surface area contributed by atoms with Gasteiger partial charge in [-0.15, -0.1) is 11.3 Å². The normalized spacial score (nSPS) is 15.1. The van der Waals surface area contributed by atoms with Gasteiger partial charge >= 0.3 is 0 Å². The lowest BCUT2D eigenvalue weighted by molar-refractivity contribution is 0.0747. The standard InChI is InChI=1S/C14H17N5OS/c15-17-12-4-2-1-3-11(12)13(20)18-6-8-19(9-7-18)14-16-5-10-21-14/h1-5,10,17H,6-9,15H2. The van der Waals surface area contributed by atoms with Crippen LogP contribution >= 0.6 is 11.3 Å². The summed E-state index contributed by atoms with van der Waals surface area (Å²) in [5.74, 6) is 5.48. The van der Waals surface area contributed by atoms with Crippen molar-refractivity contribution in [2.75, 3.05) is 36.5 Å². The molecule has 0 bridgehead atoms. The van der Waals surface area contributed by atoms with E-state index in [0.29, 0.717) is 24.3 Å². The molecule has 110 valence electrons. The summed E-state index contributed by atoms with van der Waals surface area (Å²) in [7, 11) is 0. The fourth-order valence-electron chi connectivity index (χ4n) is 2.44. The van der Waals surface area contributed by atoms with E-state index in [9.17, 15) is 4.79 Å². The van der Waals surface area contributed by atoms with E-state index < -0.39 is 0 Å². The number of thiazole rings is 1. The second-order valence-electron chi connectivity index (χ2n) is 4.78. The lowest BCUT2D eigenvalue weighted by Crippen LogP contribution is -2.48. The molecule has 1 amide bonds. The van der Waals surface area contributed by atoms with E-state index in [0.717, 1.165) is 18.2 Å². The van der Waals surface area contributed by atoms with Gasteiger partial charge in [-0.05, 0) is 12.1 Å². The summed E-state index contributed by atoms with van der Waals surface area (Å²) in [4.78, 5) is 21.0. The van der Waals surface area contributed by atoms with Crippen molar-refractivity contribution < 1.29 is 4.79 Å². The number of hydrogen-bond acceptors (Lipinski definition) is 6. The van der Waals surface area contributed by atoms with Crippen LogP contribution < -0.4 is 16.2 Å². The molecule has 0 saturated carbocycles. The second-order valence-corrected chi connectivity index (χ2v) is 5.66. The number of nitrogens with one attached hydrogen (secondary N) is 1. The maximum atomic E-state index is 12.6. The Labute approximate surface area is 127 Å². The number of amides is 1. The van der Waals surface area contributed by atoms with E-state index in [-0.39, 0.29) is 5.91 Å². The molecule has 0 unspecified atom stereocenters. The number of carbonyl (C=O) groups is 1. The molecule has 3 rings (SSSR count). The van der Waals surface area contributed by atoms with Crippen LogP contribution in [0.5, 0.6) is 0 Å². The maximum Gasteiger partial charge on any atom is 0.256 e. The zero-order chi connectivity index (χ0) is 14.7. The highest BCUT2D eigenvalue weighted by Gasteiger charge is 2.24. The number of piperazine rings is 1. The Bertz CT molecular complexity index is 608. The number of rotatable bonds is 3. The van der Waals surface area contributed by atoms with Crippen molar-refractivity contribution in [3.8, 4) is 0 Å². The van der Waals surface area contributed by atoms with Crippen molar-refractivity contribution in [2.45, 2.75) is 0 Å². The molecule has 1 aromatic carbocycles. The van der Waals surface area contributed by atoms with Gasteiger partial charge in [0.05, 0.1) is 11.3 Å². The van der Waals surface area contributed by atoms with Crippen LogP contribution in [0, 0.1) is 0 Å². The van der Waals surface area contributed by atoms with Gasteiger partial charge in [0, 0.05) is 37.8 Å². The number of nitrogens with zero attached hydrogens (tertiary/aromatic N) is 3. The zero-order valence-electron chi connectivity index (χ0n) is 11.5. The molecule has 1 aliphatic rings. The van der Waals surface area contributed by atoms with Gasteiger partial charge in [-0.2, -0.15) is 0 Å². The smallest absolute Gasteiger partial charge is 0.256 e. The van der Waals surface area contributed by atoms with E-state index in [1.54, 1.807) is 29.7 Å². The van der Waals surface area contributed by atoms with Crippen LogP contribution in [-0.2, 0) is 0 Å². The molecule has 1 aliphatic heterocycles. The van der Waals surface area contributed by atoms with Crippen LogP contribution in [0.4, 0.5) is 10.8 Å². The number of benzene rings is 1. The molecule has 6 nitrogen and oxygen atoms in total. The number of carbonyl (C=O) groups excluding carboxylic acids is 1. The predicted octanol–water partition coefficient (Wildman–Crippen LogP) is 1.39. The number of hydrazine groups is 1. The monoisotopic (exact) mass is 303 g/mol. The molecular formula is C14H17N5OS. The van der Waals surface area contributed by atoms with E-state index in [1.807, 2.05) is 22.4 Å². The average Bonchev–Trinajstić information content (AvgIpc) is 3.09. The van der Waals surface area contributed by atoms with Crippen LogP contribution in [0.1, 0.15) is 10.4 Å². The molecule has 0 aliphatic carbocycles. The summed E-state index contributed by atoms with van der Waals surface area (Å²) in [6.07, 6.45) is 1.81. The van der Waals surface area contributed by atoms with Crippen molar-refractivity contribution in [1.82, 2.24) is 9.88 Å². The molecule has 21 heavy (non-hydrogen) atoms. The van der Waals surface area contributed by atoms with Gasteiger partial charge < -0.3 is 15.2 Å². The minimum absolute atomic E-state index is 0.0161. The number of nitrogens with two attached hydrogens (primary N) is 1. The Morgan fingerprint density at radius 1 is 1.24 bits per heavy atom. The molecule has 0 spiro atoms. The van der Waals surface area contributed by atoms with Gasteiger partial charge in [0.2, 0.25) is 0 Å². The molecule has 1 saturated heterocycles. The Morgan fingerprint density at radius 2 is 2.00 bits per heavy atom. The summed E-state index contributed by atoms with van der Waals surface area (Å²) in [6.45, 7) is 2.99. The molecule has 0 atom stereocenters. The summed E-state index contributed by atoms with van der Waals surface area (Å²) in [5.41, 5.74) is 3.85. The summed E-state index contributed by atoms with van der Waals surface area (Å²) in [5, 5.41) is 2.99. The minimum atomic E-state index is 0.0161. The maximum absolute atomic E-state index is 12.6. The number of nitrogen functional groups attached to an aromatic ring is 1. The topological polar surface area (TPSA) is 74.5 Å². The first-order chi connectivity index (χ1) is 10.3. The molecule has 1 fully saturated rings. The Morgan fingerprint density at radius 3 is 2.67 bits per heavy atom. The molecule has 7 heteroatoms. The van der Waals surface area contributed by atoms with Crippen molar-refractivity contribution in [1.29, 1.82) is 0 Å². The number of aromatic nitrogens is 1. The van der Waals surface area contributed by atoms with E-state index in [4.69, 9.17) is 5.84 Å². The Hall–Kier alpha value is -2.12. The van der Waals surface area contributed by atoms with Gasteiger partial charge in [-0.25, -0.2) is 4.98 Å². The molecule has 0 radical (unpaired) electrons. The van der Waals surface area contributed by atoms with Crippen LogP contribution in [0.25, 0.3) is 0 Å². The van der Waals surface area contributed by atoms with Gasteiger partial charge in [0.15, 0.2) is 5.13 Å². The highest BCUT2D eigenvalue weighted by Crippen LogP contribution is 2.21. The molecule has 2 heterocycles. The number of hydrogen-bond donors (Lipinski definition) is 2. The van der Waals surface area contributed by atoms with E-state index in [1.165, 1.54) is 0 Å². The van der Waals surface area contributed by atoms with Crippen LogP contribution in [0.3, 0.4) is 0 Å². The molecule has 2 aromatic rings. The Balaban J connectivity index is 1.68. The minimum Gasteiger partial charge on any atom is -0.345 e. The van der Waals surface area contributed by atoms with E-state index in [2.05, 4.69) is 15.3 Å². The van der Waals surface area contributed by atoms with Crippen LogP contribution in [0.2, 0.25) is 0 Å². The van der Waals surface area contributed by atoms with Crippen molar-refractivity contribution in [3.63, 3.8) is 0 Å². The zero-order valence-corrected chi connectivity index (χ0v) is 12.3. The van der Waals surface area contributed by atoms with Crippen molar-refractivity contribution in [2.24, 2.45) is 5.84 Å². The summed E-state index contributed by atoms with van der Waals surface area (Å²) >= 11 is 1.63. The third-order valence-corrected chi connectivity index (χ3v) is 4.40. The third kappa shape index (κ3) is 2.84. The molecule has 1 aromatic heterocycles. The van der Waals surface area contributed by atoms with Gasteiger partial charge in [0.25, 0.3) is 5.91 Å². The summed E-state index contributed by atoms with van der Waals surface area (Å²) < 4.78 is 0. The fraction of sp³-hybridized carbons (Fsp3) is 0.286. The van der Waals surface area contributed by atoms with Crippen molar-refractivity contribution in [3.05, 3.63) is 41.4 Å². The van der Waals surface area contributed by atoms with Gasteiger partial charge in [-0.3, -0.25) is 10.6 Å². The number of para-hydroxylation sites is 1. The molecular weight excluding hydrogens is 286 g/mol. The predicted molar refractivity (Wildman–Crippen MR) is 84.5 cm³/mol. The van der Waals surface area contributed by atoms with Gasteiger partial charge in [0.1, 0.15) is 0 Å². The van der Waals surface area contributed by atoms with E-state index >= 15 is 0 Å². The van der Waals surface area contributed by atoms with Crippen molar-refractivity contribution >= 4 is 28.1 Å². The fourth-order valence-corrected chi connectivity index (χ4v) is 3.14. The SMILES string of the molecule is NNc1ccccc1C(=O)N1CCN(c2nccs2)CC1. The van der Waals surface area contributed by atoms with Gasteiger partial charge in [-0.1, -0.05) is 12.1 Å². The quantitative estimate of drug-likeness (QED) is 0.662. The molecule has 3 N–H and O–H groups in total. The second kappa shape index (κ2) is 6.11. The number of anilines is 2. The first-order valence-electron chi connectivity index (χ1n) is 6.79.